The van der Waals surface area contributed by atoms with E-state index in [1.165, 1.54) is 12.1 Å². The average molecular weight is 272 g/mol. The first-order valence-electron chi connectivity index (χ1n) is 4.70. The summed E-state index contributed by atoms with van der Waals surface area (Å²) in [6, 6.07) is 3.02. The maximum Gasteiger partial charge on any atom is 0.573 e. The Kier molecular flexibility index (Phi) is 4.59. The second-order valence-electron chi connectivity index (χ2n) is 3.32. The number of benzene rings is 1. The molecule has 0 aliphatic heterocycles. The summed E-state index contributed by atoms with van der Waals surface area (Å²) in [5.74, 6) is -0.504. The Hall–Kier alpha value is -1.01. The van der Waals surface area contributed by atoms with Gasteiger partial charge in [-0.1, -0.05) is 17.7 Å². The van der Waals surface area contributed by atoms with Crippen molar-refractivity contribution in [2.24, 2.45) is 5.73 Å². The molecular formula is C10H10ClF4NO. The van der Waals surface area contributed by atoms with Gasteiger partial charge in [0.25, 0.3) is 0 Å². The largest absolute Gasteiger partial charge is 0.573 e. The van der Waals surface area contributed by atoms with Crippen molar-refractivity contribution >= 4 is 11.6 Å². The second kappa shape index (κ2) is 5.55. The molecule has 0 radical (unpaired) electrons. The van der Waals surface area contributed by atoms with Gasteiger partial charge in [-0.25, -0.2) is 0 Å². The summed E-state index contributed by atoms with van der Waals surface area (Å²) in [7, 11) is 0. The molecule has 7 heteroatoms. The Morgan fingerprint density at radius 1 is 1.35 bits per heavy atom. The van der Waals surface area contributed by atoms with E-state index in [2.05, 4.69) is 4.74 Å². The van der Waals surface area contributed by atoms with Crippen LogP contribution in [0.25, 0.3) is 0 Å². The lowest BCUT2D eigenvalue weighted by Crippen LogP contribution is -2.17. The molecule has 0 aliphatic rings. The minimum atomic E-state index is -4.80. The first kappa shape index (κ1) is 14.1. The van der Waals surface area contributed by atoms with Gasteiger partial charge in [-0.05, 0) is 24.1 Å². The topological polar surface area (TPSA) is 35.2 Å². The van der Waals surface area contributed by atoms with Gasteiger partial charge in [-0.15, -0.1) is 13.2 Å². The van der Waals surface area contributed by atoms with Crippen LogP contribution in [0.3, 0.4) is 0 Å². The first-order chi connectivity index (χ1) is 7.83. The standard InChI is InChI=1S/C10H10ClF4NO/c11-7-5-6(8(16)3-4-12)1-2-9(7)17-10(13,14)15/h1-2,5,8H,3-4,16H2/t8-/m1/s1. The summed E-state index contributed by atoms with van der Waals surface area (Å²) < 4.78 is 51.6. The normalized spacial score (nSPS) is 13.5. The molecule has 1 aromatic carbocycles. The van der Waals surface area contributed by atoms with E-state index in [1.807, 2.05) is 0 Å². The van der Waals surface area contributed by atoms with Gasteiger partial charge in [0.05, 0.1) is 11.7 Å². The number of hydrogen-bond donors (Lipinski definition) is 1. The third-order valence-corrected chi connectivity index (χ3v) is 2.33. The third-order valence-electron chi connectivity index (χ3n) is 2.03. The molecular weight excluding hydrogens is 262 g/mol. The maximum atomic E-state index is 12.0. The van der Waals surface area contributed by atoms with Crippen LogP contribution >= 0.6 is 11.6 Å². The van der Waals surface area contributed by atoms with Crippen molar-refractivity contribution in [3.63, 3.8) is 0 Å². The number of halogens is 5. The Morgan fingerprint density at radius 2 is 2.00 bits per heavy atom. The molecule has 0 unspecified atom stereocenters. The van der Waals surface area contributed by atoms with E-state index in [0.717, 1.165) is 6.07 Å². The van der Waals surface area contributed by atoms with Crippen LogP contribution in [0, 0.1) is 0 Å². The van der Waals surface area contributed by atoms with Gasteiger partial charge in [0.1, 0.15) is 5.75 Å². The fourth-order valence-electron chi connectivity index (χ4n) is 1.24. The van der Waals surface area contributed by atoms with Crippen LogP contribution in [0.5, 0.6) is 5.75 Å². The summed E-state index contributed by atoms with van der Waals surface area (Å²) in [6.07, 6.45) is -4.72. The Morgan fingerprint density at radius 3 is 2.47 bits per heavy atom. The van der Waals surface area contributed by atoms with Gasteiger partial charge < -0.3 is 10.5 Å². The van der Waals surface area contributed by atoms with Crippen molar-refractivity contribution in [3.8, 4) is 5.75 Å². The van der Waals surface area contributed by atoms with Crippen molar-refractivity contribution in [2.45, 2.75) is 18.8 Å². The van der Waals surface area contributed by atoms with Crippen molar-refractivity contribution in [1.29, 1.82) is 0 Å². The predicted molar refractivity (Wildman–Crippen MR) is 55.7 cm³/mol. The monoisotopic (exact) mass is 271 g/mol. The molecule has 2 nitrogen and oxygen atoms in total. The molecule has 0 fully saturated rings. The Labute approximate surface area is 100 Å². The molecule has 0 heterocycles. The number of nitrogens with two attached hydrogens (primary N) is 1. The Balaban J connectivity index is 2.86. The number of ether oxygens (including phenoxy) is 1. The summed E-state index contributed by atoms with van der Waals surface area (Å²) in [5, 5.41) is -0.214. The lowest BCUT2D eigenvalue weighted by atomic mass is 10.1. The van der Waals surface area contributed by atoms with Crippen molar-refractivity contribution in [3.05, 3.63) is 28.8 Å². The predicted octanol–water partition coefficient (Wildman–Crippen LogP) is 3.60. The van der Waals surface area contributed by atoms with Gasteiger partial charge >= 0.3 is 6.36 Å². The minimum absolute atomic E-state index is 0.0792. The zero-order valence-electron chi connectivity index (χ0n) is 8.60. The van der Waals surface area contributed by atoms with Gasteiger partial charge in [0.2, 0.25) is 0 Å². The number of rotatable bonds is 4. The zero-order valence-corrected chi connectivity index (χ0v) is 9.35. The second-order valence-corrected chi connectivity index (χ2v) is 3.73. The Bertz CT molecular complexity index is 383. The molecule has 0 saturated heterocycles. The summed E-state index contributed by atoms with van der Waals surface area (Å²) in [6.45, 7) is -0.612. The van der Waals surface area contributed by atoms with Gasteiger partial charge in [0.15, 0.2) is 0 Å². The number of alkyl halides is 4. The molecule has 1 rings (SSSR count). The molecule has 2 N–H and O–H groups in total. The van der Waals surface area contributed by atoms with Crippen molar-refractivity contribution in [2.75, 3.05) is 6.67 Å². The van der Waals surface area contributed by atoms with Crippen molar-refractivity contribution in [1.82, 2.24) is 0 Å². The molecule has 17 heavy (non-hydrogen) atoms. The molecule has 0 amide bonds. The molecule has 0 saturated carbocycles. The van der Waals surface area contributed by atoms with E-state index in [4.69, 9.17) is 17.3 Å². The van der Waals surface area contributed by atoms with Crippen LogP contribution in [0.1, 0.15) is 18.0 Å². The van der Waals surface area contributed by atoms with E-state index in [1.54, 1.807) is 0 Å². The summed E-state index contributed by atoms with van der Waals surface area (Å²) >= 11 is 5.61. The van der Waals surface area contributed by atoms with Crippen LogP contribution in [0.15, 0.2) is 18.2 Å². The van der Waals surface area contributed by atoms with Crippen LogP contribution in [0.4, 0.5) is 17.6 Å². The number of hydrogen-bond acceptors (Lipinski definition) is 2. The lowest BCUT2D eigenvalue weighted by Gasteiger charge is -2.14. The molecule has 0 bridgehead atoms. The minimum Gasteiger partial charge on any atom is -0.404 e. The van der Waals surface area contributed by atoms with Gasteiger partial charge in [0, 0.05) is 6.04 Å². The summed E-state index contributed by atoms with van der Waals surface area (Å²) in [4.78, 5) is 0. The highest BCUT2D eigenvalue weighted by atomic mass is 35.5. The fourth-order valence-corrected chi connectivity index (χ4v) is 1.47. The van der Waals surface area contributed by atoms with Crippen molar-refractivity contribution < 1.29 is 22.3 Å². The fraction of sp³-hybridized carbons (Fsp3) is 0.400. The highest BCUT2D eigenvalue weighted by molar-refractivity contribution is 6.32. The highest BCUT2D eigenvalue weighted by Crippen LogP contribution is 2.32. The zero-order chi connectivity index (χ0) is 13.1. The highest BCUT2D eigenvalue weighted by Gasteiger charge is 2.32. The van der Waals surface area contributed by atoms with E-state index < -0.39 is 24.8 Å². The third kappa shape index (κ3) is 4.40. The van der Waals surface area contributed by atoms with E-state index >= 15 is 0 Å². The first-order valence-corrected chi connectivity index (χ1v) is 5.08. The SMILES string of the molecule is N[C@H](CCF)c1ccc(OC(F)(F)F)c(Cl)c1. The molecule has 0 aliphatic carbocycles. The molecule has 1 atom stereocenters. The van der Waals surface area contributed by atoms with E-state index in [9.17, 15) is 17.6 Å². The quantitative estimate of drug-likeness (QED) is 0.849. The average Bonchev–Trinajstić information content (AvgIpc) is 2.19. The molecule has 0 aromatic heterocycles. The van der Waals surface area contributed by atoms with Crippen LogP contribution in [-0.2, 0) is 0 Å². The molecule has 1 aromatic rings. The maximum absolute atomic E-state index is 12.0. The molecule has 0 spiro atoms. The summed E-state index contributed by atoms with van der Waals surface area (Å²) in [5.41, 5.74) is 6.05. The molecule has 96 valence electrons. The van der Waals surface area contributed by atoms with Gasteiger partial charge in [-0.2, -0.15) is 0 Å². The lowest BCUT2D eigenvalue weighted by molar-refractivity contribution is -0.274. The van der Waals surface area contributed by atoms with Crippen LogP contribution in [0.2, 0.25) is 5.02 Å². The van der Waals surface area contributed by atoms with Crippen LogP contribution < -0.4 is 10.5 Å². The smallest absolute Gasteiger partial charge is 0.404 e. The van der Waals surface area contributed by atoms with E-state index in [-0.39, 0.29) is 11.4 Å². The van der Waals surface area contributed by atoms with E-state index in [0.29, 0.717) is 5.56 Å². The van der Waals surface area contributed by atoms with Gasteiger partial charge in [-0.3, -0.25) is 4.39 Å². The van der Waals surface area contributed by atoms with Crippen LogP contribution in [-0.4, -0.2) is 13.0 Å².